The molecule has 0 saturated heterocycles. The summed E-state index contributed by atoms with van der Waals surface area (Å²) in [6.07, 6.45) is 3.51. The molecule has 420 valence electrons. The average Bonchev–Trinajstić information content (AvgIpc) is 4.13. The van der Waals surface area contributed by atoms with Gasteiger partial charge in [-0.25, -0.2) is 9.18 Å². The number of aryl methyl sites for hydroxylation is 1. The number of carbonyl (C=O) groups is 7. The van der Waals surface area contributed by atoms with E-state index in [-0.39, 0.29) is 93.6 Å². The Hall–Kier alpha value is -7.46. The van der Waals surface area contributed by atoms with E-state index in [0.29, 0.717) is 117 Å². The second-order valence-corrected chi connectivity index (χ2v) is 18.8. The number of hydrogen-bond acceptors (Lipinski definition) is 12. The van der Waals surface area contributed by atoms with Crippen molar-refractivity contribution in [1.82, 2.24) is 25.8 Å². The van der Waals surface area contributed by atoms with Gasteiger partial charge in [0.25, 0.3) is 11.8 Å². The molecule has 1 aliphatic carbocycles. The number of nitrogens with one attached hydrogen (secondary N) is 7. The number of aliphatic hydroxyl groups is 1. The molecule has 2 heterocycles. The Morgan fingerprint density at radius 2 is 1.29 bits per heavy atom. The Bertz CT molecular complexity index is 2700. The van der Waals surface area contributed by atoms with Gasteiger partial charge in [0.15, 0.2) is 0 Å². The van der Waals surface area contributed by atoms with Crippen LogP contribution in [0, 0.1) is 19.7 Å². The summed E-state index contributed by atoms with van der Waals surface area (Å²) in [4.78, 5) is 95.9. The minimum atomic E-state index is -0.627. The van der Waals surface area contributed by atoms with Gasteiger partial charge in [0, 0.05) is 118 Å². The van der Waals surface area contributed by atoms with Crippen LogP contribution < -0.4 is 31.9 Å². The minimum absolute atomic E-state index is 0.0832. The van der Waals surface area contributed by atoms with Gasteiger partial charge in [-0.2, -0.15) is 0 Å². The second kappa shape index (κ2) is 30.5. The number of ether oxygens (including phenoxy) is 4. The quantitative estimate of drug-likeness (QED) is 0.0191. The second-order valence-electron chi connectivity index (χ2n) is 18.8. The van der Waals surface area contributed by atoms with E-state index in [1.165, 1.54) is 23.1 Å². The zero-order valence-corrected chi connectivity index (χ0v) is 45.0. The first-order chi connectivity index (χ1) is 37.7. The van der Waals surface area contributed by atoms with Crippen molar-refractivity contribution in [1.29, 1.82) is 0 Å². The molecular formula is C57H73FN8O12. The molecule has 3 aromatic carbocycles. The lowest BCUT2D eigenvalue weighted by Crippen LogP contribution is -2.39. The lowest BCUT2D eigenvalue weighted by Gasteiger charge is -2.22. The number of carbonyl (C=O) groups excluding carboxylic acids is 7. The minimum Gasteiger partial charge on any atom is -0.448 e. The highest BCUT2D eigenvalue weighted by atomic mass is 19.1. The van der Waals surface area contributed by atoms with E-state index in [0.717, 1.165) is 28.7 Å². The number of anilines is 3. The molecule has 4 aromatic rings. The van der Waals surface area contributed by atoms with Crippen molar-refractivity contribution < 1.29 is 62.0 Å². The van der Waals surface area contributed by atoms with Crippen LogP contribution in [0.15, 0.2) is 54.6 Å². The smallest absolute Gasteiger partial charge is 0.409 e. The first kappa shape index (κ1) is 59.8. The molecule has 0 radical (unpaired) electrons. The molecule has 21 heteroatoms. The van der Waals surface area contributed by atoms with Crippen molar-refractivity contribution >= 4 is 70.2 Å². The van der Waals surface area contributed by atoms with Gasteiger partial charge in [-0.1, -0.05) is 12.1 Å². The van der Waals surface area contributed by atoms with Crippen LogP contribution in [0.25, 0.3) is 22.8 Å². The van der Waals surface area contributed by atoms with Gasteiger partial charge >= 0.3 is 6.09 Å². The monoisotopic (exact) mass is 1080 g/mol. The summed E-state index contributed by atoms with van der Waals surface area (Å²) < 4.78 is 36.2. The summed E-state index contributed by atoms with van der Waals surface area (Å²) in [5, 5.41) is 26.0. The highest BCUT2D eigenvalue weighted by Gasteiger charge is 2.32. The highest BCUT2D eigenvalue weighted by molar-refractivity contribution is 6.35. The maximum Gasteiger partial charge on any atom is 0.409 e. The largest absolute Gasteiger partial charge is 0.448 e. The van der Waals surface area contributed by atoms with Crippen LogP contribution >= 0.6 is 0 Å². The van der Waals surface area contributed by atoms with Gasteiger partial charge in [0.2, 0.25) is 23.6 Å². The third-order valence-electron chi connectivity index (χ3n) is 13.2. The van der Waals surface area contributed by atoms with Crippen molar-refractivity contribution in [3.8, 4) is 11.1 Å². The number of benzene rings is 3. The van der Waals surface area contributed by atoms with Crippen LogP contribution in [-0.4, -0.2) is 142 Å². The summed E-state index contributed by atoms with van der Waals surface area (Å²) in [6.45, 7) is 11.0. The summed E-state index contributed by atoms with van der Waals surface area (Å²) >= 11 is 0. The molecule has 1 aromatic heterocycles. The Balaban J connectivity index is 1.06. The lowest BCUT2D eigenvalue weighted by molar-refractivity contribution is -0.122. The molecule has 6 rings (SSSR count). The molecule has 1 unspecified atom stereocenters. The van der Waals surface area contributed by atoms with E-state index in [2.05, 4.69) is 36.9 Å². The van der Waals surface area contributed by atoms with Crippen molar-refractivity contribution in [2.24, 2.45) is 0 Å². The average molecular weight is 1080 g/mol. The van der Waals surface area contributed by atoms with Gasteiger partial charge in [0.05, 0.1) is 37.6 Å². The van der Waals surface area contributed by atoms with Crippen molar-refractivity contribution in [2.45, 2.75) is 85.0 Å². The first-order valence-corrected chi connectivity index (χ1v) is 26.7. The predicted molar refractivity (Wildman–Crippen MR) is 293 cm³/mol. The van der Waals surface area contributed by atoms with Crippen molar-refractivity contribution in [3.05, 3.63) is 99.6 Å². The molecule has 1 aliphatic heterocycles. The topological polar surface area (TPSA) is 268 Å². The van der Waals surface area contributed by atoms with Gasteiger partial charge in [-0.15, -0.1) is 0 Å². The SMILES string of the molecule is CCOCCOCCNC(=O)CCCC(=O)Nc1ccc2c(c1)C(COC(=O)N(CC)CCNC(=O)c1c(C)[nH]c(/C=C3\C(=O)Nc4ccc(F)cc43)c1C)c1cc(NC(=O)CCCC(=O)NCCOCCCCO)ccc1-2. The number of aliphatic hydroxyl groups excluding tert-OH is 1. The fourth-order valence-corrected chi connectivity index (χ4v) is 9.17. The van der Waals surface area contributed by atoms with E-state index in [4.69, 9.17) is 24.1 Å². The number of H-pyrrole nitrogens is 1. The Morgan fingerprint density at radius 1 is 0.692 bits per heavy atom. The number of likely N-dealkylation sites (N-methyl/N-ethyl adjacent to an activating group) is 1. The molecule has 0 spiro atoms. The zero-order chi connectivity index (χ0) is 56.0. The van der Waals surface area contributed by atoms with Crippen molar-refractivity contribution in [3.63, 3.8) is 0 Å². The number of fused-ring (bicyclic) bond motifs is 4. The van der Waals surface area contributed by atoms with Gasteiger partial charge < -0.3 is 65.8 Å². The molecule has 2 aliphatic rings. The molecule has 0 bridgehead atoms. The number of aromatic amines is 1. The number of halogens is 1. The standard InChI is InChI=1S/C57H73FN8O12/c1-5-66(24-21-61-56(73)54-36(3)49(62-37(54)4)34-46-45-31-38(58)15-20-48(45)65-55(46)72)57(74)78-35-47-43-32-39(63-52(70)13-9-11-50(68)59-22-27-76-26-8-7-25-67)16-18-41(43)42-19-17-40(33-44(42)47)64-53(71)14-10-12-51(69)60-23-28-77-30-29-75-6-2/h15-20,31-34,47,62,67H,5-14,21-30,35H2,1-4H3,(H,59,68)(H,60,69)(H,61,73)(H,63,70)(H,64,71)(H,65,72)/b46-34-. The summed E-state index contributed by atoms with van der Waals surface area (Å²) in [7, 11) is 0. The van der Waals surface area contributed by atoms with E-state index in [9.17, 15) is 38.0 Å². The lowest BCUT2D eigenvalue weighted by atomic mass is 9.97. The number of aromatic nitrogens is 1. The normalized spacial score (nSPS) is 13.5. The highest BCUT2D eigenvalue weighted by Crippen LogP contribution is 2.47. The number of nitrogens with zero attached hydrogens (tertiary/aromatic N) is 1. The Kier molecular flexibility index (Phi) is 23.4. The van der Waals surface area contributed by atoms with Gasteiger partial charge in [0.1, 0.15) is 12.4 Å². The number of rotatable bonds is 32. The van der Waals surface area contributed by atoms with Gasteiger partial charge in [-0.05, 0) is 130 Å². The third kappa shape index (κ3) is 17.3. The summed E-state index contributed by atoms with van der Waals surface area (Å²) in [5.74, 6) is -2.74. The maximum absolute atomic E-state index is 14.1. The number of unbranched alkanes of at least 4 members (excludes halogenated alkanes) is 1. The van der Waals surface area contributed by atoms with Crippen LogP contribution in [-0.2, 0) is 42.9 Å². The van der Waals surface area contributed by atoms with Crippen LogP contribution in [0.1, 0.15) is 115 Å². The fourth-order valence-electron chi connectivity index (χ4n) is 9.17. The molecule has 0 saturated carbocycles. The molecular weight excluding hydrogens is 1010 g/mol. The molecule has 0 fully saturated rings. The molecule has 78 heavy (non-hydrogen) atoms. The van der Waals surface area contributed by atoms with Crippen molar-refractivity contribution in [2.75, 3.05) is 102 Å². The predicted octanol–water partition coefficient (Wildman–Crippen LogP) is 6.56. The van der Waals surface area contributed by atoms with Gasteiger partial charge in [-0.3, -0.25) is 28.8 Å². The summed E-state index contributed by atoms with van der Waals surface area (Å²) in [5.41, 5.74) is 7.45. The van der Waals surface area contributed by atoms with Crippen LogP contribution in [0.4, 0.5) is 26.2 Å². The first-order valence-electron chi connectivity index (χ1n) is 26.7. The van der Waals surface area contributed by atoms with Crippen LogP contribution in [0.5, 0.6) is 0 Å². The molecule has 1 atom stereocenters. The Morgan fingerprint density at radius 3 is 1.90 bits per heavy atom. The van der Waals surface area contributed by atoms with E-state index < -0.39 is 23.7 Å². The van der Waals surface area contributed by atoms with E-state index >= 15 is 0 Å². The maximum atomic E-state index is 14.1. The number of hydrogen-bond donors (Lipinski definition) is 8. The molecule has 20 nitrogen and oxygen atoms in total. The fraction of sp³-hybridized carbons (Fsp3) is 0.456. The van der Waals surface area contributed by atoms with Crippen LogP contribution in [0.3, 0.4) is 0 Å². The van der Waals surface area contributed by atoms with E-state index in [1.807, 2.05) is 31.2 Å². The zero-order valence-electron chi connectivity index (χ0n) is 45.0. The third-order valence-corrected chi connectivity index (χ3v) is 13.2. The Labute approximate surface area is 453 Å². The number of amides is 7. The molecule has 8 N–H and O–H groups in total. The summed E-state index contributed by atoms with van der Waals surface area (Å²) in [6, 6.07) is 15.0. The van der Waals surface area contributed by atoms with E-state index in [1.54, 1.807) is 39.0 Å². The van der Waals surface area contributed by atoms with Crippen LogP contribution in [0.2, 0.25) is 0 Å². The molecule has 7 amide bonds.